The average Bonchev–Trinajstić information content (AvgIpc) is 3.33. The summed E-state index contributed by atoms with van der Waals surface area (Å²) < 4.78 is 26.6. The first kappa shape index (κ1) is 22.6. The van der Waals surface area contributed by atoms with Crippen LogP contribution in [0.1, 0.15) is 33.8 Å². The van der Waals surface area contributed by atoms with Crippen molar-refractivity contribution in [1.29, 1.82) is 0 Å². The molecule has 9 nitrogen and oxygen atoms in total. The van der Waals surface area contributed by atoms with Crippen LogP contribution >= 0.6 is 11.3 Å². The molecule has 3 aromatic rings. The number of carbonyl (C=O) groups is 2. The Morgan fingerprint density at radius 3 is 2.58 bits per heavy atom. The van der Waals surface area contributed by atoms with Crippen LogP contribution in [0.15, 0.2) is 64.5 Å². The van der Waals surface area contributed by atoms with E-state index in [-0.39, 0.29) is 29.6 Å². The summed E-state index contributed by atoms with van der Waals surface area (Å²) in [4.78, 5) is 33.9. The summed E-state index contributed by atoms with van der Waals surface area (Å²) >= 11 is 1.25. The maximum absolute atomic E-state index is 12.5. The Hall–Kier alpha value is -3.57. The van der Waals surface area contributed by atoms with Crippen LogP contribution in [0.3, 0.4) is 0 Å². The van der Waals surface area contributed by atoms with Gasteiger partial charge in [-0.25, -0.2) is 13.4 Å². The fourth-order valence-corrected chi connectivity index (χ4v) is 5.46. The minimum Gasteiger partial charge on any atom is -0.273 e. The Kier molecular flexibility index (Phi) is 6.52. The lowest BCUT2D eigenvalue weighted by molar-refractivity contribution is -0.121. The van der Waals surface area contributed by atoms with Gasteiger partial charge in [-0.3, -0.25) is 30.2 Å². The summed E-state index contributed by atoms with van der Waals surface area (Å²) in [6.07, 6.45) is 0.495. The predicted molar refractivity (Wildman–Crippen MR) is 125 cm³/mol. The van der Waals surface area contributed by atoms with Crippen molar-refractivity contribution in [2.75, 3.05) is 6.54 Å². The maximum Gasteiger partial charge on any atom is 0.281 e. The molecule has 0 saturated heterocycles. The van der Waals surface area contributed by atoms with Gasteiger partial charge in [-0.05, 0) is 25.5 Å². The number of aryl methyl sites for hydroxylation is 1. The average molecular weight is 484 g/mol. The highest BCUT2D eigenvalue weighted by Gasteiger charge is 2.29. The molecule has 0 fully saturated rings. The molecule has 0 atom stereocenters. The van der Waals surface area contributed by atoms with Crippen LogP contribution in [0.2, 0.25) is 0 Å². The molecule has 1 aliphatic rings. The van der Waals surface area contributed by atoms with E-state index in [1.807, 2.05) is 30.3 Å². The van der Waals surface area contributed by atoms with Gasteiger partial charge in [-0.1, -0.05) is 42.5 Å². The van der Waals surface area contributed by atoms with E-state index in [1.54, 1.807) is 25.1 Å². The molecule has 2 heterocycles. The molecule has 0 spiro atoms. The quantitative estimate of drug-likeness (QED) is 0.366. The minimum absolute atomic E-state index is 0.113. The number of amides is 2. The highest BCUT2D eigenvalue weighted by atomic mass is 32.2. The molecule has 1 aromatic heterocycles. The lowest BCUT2D eigenvalue weighted by Gasteiger charge is -2.06. The number of nitrogens with one attached hydrogen (secondary N) is 3. The Morgan fingerprint density at radius 2 is 1.79 bits per heavy atom. The zero-order valence-electron chi connectivity index (χ0n) is 17.7. The summed E-state index contributed by atoms with van der Waals surface area (Å²) in [5.74, 6) is -0.534. The van der Waals surface area contributed by atoms with Gasteiger partial charge < -0.3 is 0 Å². The van der Waals surface area contributed by atoms with Crippen molar-refractivity contribution in [3.05, 3.63) is 70.7 Å². The summed E-state index contributed by atoms with van der Waals surface area (Å²) in [7, 11) is -3.58. The molecule has 0 unspecified atom stereocenters. The van der Waals surface area contributed by atoms with Gasteiger partial charge in [0, 0.05) is 24.1 Å². The fraction of sp³-hybridized carbons (Fsp3) is 0.182. The normalized spacial score (nSPS) is 15.0. The largest absolute Gasteiger partial charge is 0.281 e. The van der Waals surface area contributed by atoms with Gasteiger partial charge in [0.25, 0.3) is 15.9 Å². The second-order valence-electron chi connectivity index (χ2n) is 7.24. The van der Waals surface area contributed by atoms with Gasteiger partial charge in [-0.15, -0.1) is 11.3 Å². The first-order chi connectivity index (χ1) is 15.8. The van der Waals surface area contributed by atoms with Crippen LogP contribution in [0.25, 0.3) is 10.6 Å². The highest BCUT2D eigenvalue weighted by Crippen LogP contribution is 2.27. The standard InChI is InChI=1S/C22H21N5O4S2/c1-14-19(32-22(24-14)15-8-3-2-4-9-15)21(29)26-25-18(28)12-7-13-23-20-16-10-5-6-11-17(16)33(30,31)27-20/h2-6,8-11H,7,12-13H2,1H3,(H,23,27)(H,25,28)(H,26,29). The highest BCUT2D eigenvalue weighted by molar-refractivity contribution is 7.90. The van der Waals surface area contributed by atoms with Crippen LogP contribution in [0.4, 0.5) is 0 Å². The van der Waals surface area contributed by atoms with Crippen molar-refractivity contribution in [3.8, 4) is 10.6 Å². The molecule has 170 valence electrons. The number of carbonyl (C=O) groups excluding carboxylic acids is 2. The van der Waals surface area contributed by atoms with E-state index < -0.39 is 15.9 Å². The maximum atomic E-state index is 12.5. The van der Waals surface area contributed by atoms with Crippen molar-refractivity contribution < 1.29 is 18.0 Å². The van der Waals surface area contributed by atoms with Crippen LogP contribution in [-0.2, 0) is 14.8 Å². The van der Waals surface area contributed by atoms with E-state index in [0.717, 1.165) is 10.6 Å². The first-order valence-corrected chi connectivity index (χ1v) is 12.4. The Bertz CT molecular complexity index is 1330. The number of aliphatic imine (C=N–C) groups is 1. The molecule has 1 aliphatic heterocycles. The predicted octanol–water partition coefficient (Wildman–Crippen LogP) is 2.40. The van der Waals surface area contributed by atoms with Gasteiger partial charge in [0.2, 0.25) is 5.91 Å². The Labute approximate surface area is 195 Å². The third-order valence-electron chi connectivity index (χ3n) is 4.83. The molecule has 0 bridgehead atoms. The smallest absolute Gasteiger partial charge is 0.273 e. The fourth-order valence-electron chi connectivity index (χ4n) is 3.24. The van der Waals surface area contributed by atoms with Crippen molar-refractivity contribution in [2.45, 2.75) is 24.7 Å². The Morgan fingerprint density at radius 1 is 1.06 bits per heavy atom. The number of hydrogen-bond donors (Lipinski definition) is 3. The van der Waals surface area contributed by atoms with Crippen molar-refractivity contribution in [2.24, 2.45) is 4.99 Å². The van der Waals surface area contributed by atoms with E-state index in [4.69, 9.17) is 0 Å². The van der Waals surface area contributed by atoms with E-state index in [9.17, 15) is 18.0 Å². The minimum atomic E-state index is -3.58. The lowest BCUT2D eigenvalue weighted by atomic mass is 10.2. The van der Waals surface area contributed by atoms with Gasteiger partial charge in [0.05, 0.1) is 10.6 Å². The molecule has 2 aromatic carbocycles. The molecule has 0 aliphatic carbocycles. The first-order valence-electron chi connectivity index (χ1n) is 10.1. The van der Waals surface area contributed by atoms with E-state index in [1.165, 1.54) is 17.4 Å². The van der Waals surface area contributed by atoms with E-state index in [2.05, 4.69) is 25.6 Å². The van der Waals surface area contributed by atoms with Crippen molar-refractivity contribution >= 4 is 39.0 Å². The number of fused-ring (bicyclic) bond motifs is 1. The molecular formula is C22H21N5O4S2. The topological polar surface area (TPSA) is 130 Å². The number of hydrazine groups is 1. The molecule has 3 N–H and O–H groups in total. The summed E-state index contributed by atoms with van der Waals surface area (Å²) in [6.45, 7) is 2.00. The molecule has 0 radical (unpaired) electrons. The van der Waals surface area contributed by atoms with Crippen LogP contribution in [-0.4, -0.2) is 37.6 Å². The number of nitrogens with zero attached hydrogens (tertiary/aromatic N) is 2. The SMILES string of the molecule is Cc1nc(-c2ccccc2)sc1C(=O)NNC(=O)CCCN=C1NS(=O)(=O)c2ccccc21. The second kappa shape index (κ2) is 9.51. The lowest BCUT2D eigenvalue weighted by Crippen LogP contribution is -2.41. The number of sulfonamides is 1. The molecule has 4 rings (SSSR count). The van der Waals surface area contributed by atoms with Crippen LogP contribution in [0, 0.1) is 6.92 Å². The number of hydrogen-bond acceptors (Lipinski definition) is 7. The van der Waals surface area contributed by atoms with E-state index >= 15 is 0 Å². The van der Waals surface area contributed by atoms with Gasteiger partial charge in [0.1, 0.15) is 15.7 Å². The van der Waals surface area contributed by atoms with E-state index in [0.29, 0.717) is 22.6 Å². The van der Waals surface area contributed by atoms with Crippen molar-refractivity contribution in [3.63, 3.8) is 0 Å². The van der Waals surface area contributed by atoms with Crippen LogP contribution in [0.5, 0.6) is 0 Å². The number of aromatic nitrogens is 1. The zero-order chi connectivity index (χ0) is 23.4. The number of amidine groups is 1. The van der Waals surface area contributed by atoms with Gasteiger partial charge >= 0.3 is 0 Å². The third-order valence-corrected chi connectivity index (χ3v) is 7.44. The monoisotopic (exact) mass is 483 g/mol. The summed E-state index contributed by atoms with van der Waals surface area (Å²) in [5.41, 5.74) is 6.83. The number of thiazole rings is 1. The van der Waals surface area contributed by atoms with Crippen LogP contribution < -0.4 is 15.6 Å². The molecule has 0 saturated carbocycles. The third kappa shape index (κ3) is 5.10. The number of rotatable bonds is 6. The Balaban J connectivity index is 1.26. The molecular weight excluding hydrogens is 462 g/mol. The molecule has 2 amide bonds. The summed E-state index contributed by atoms with van der Waals surface area (Å²) in [5, 5.41) is 0.729. The molecule has 11 heteroatoms. The number of benzene rings is 2. The molecule has 33 heavy (non-hydrogen) atoms. The summed E-state index contributed by atoms with van der Waals surface area (Å²) in [6, 6.07) is 16.1. The zero-order valence-corrected chi connectivity index (χ0v) is 19.3. The second-order valence-corrected chi connectivity index (χ2v) is 9.89. The van der Waals surface area contributed by atoms with Gasteiger partial charge in [0.15, 0.2) is 0 Å². The van der Waals surface area contributed by atoms with Crippen molar-refractivity contribution in [1.82, 2.24) is 20.6 Å². The van der Waals surface area contributed by atoms with Gasteiger partial charge in [-0.2, -0.15) is 0 Å².